The van der Waals surface area contributed by atoms with Crippen LogP contribution < -0.4 is 0 Å². The van der Waals surface area contributed by atoms with Crippen LogP contribution in [0.4, 0.5) is 0 Å². The van der Waals surface area contributed by atoms with E-state index < -0.39 is 0 Å². The number of rotatable bonds is 3. The van der Waals surface area contributed by atoms with E-state index in [9.17, 15) is 0 Å². The van der Waals surface area contributed by atoms with Gasteiger partial charge in [0.25, 0.3) is 0 Å². The van der Waals surface area contributed by atoms with E-state index in [1.54, 1.807) is 0 Å². The summed E-state index contributed by atoms with van der Waals surface area (Å²) in [5.41, 5.74) is 5.53. The summed E-state index contributed by atoms with van der Waals surface area (Å²) in [5, 5.41) is 0. The summed E-state index contributed by atoms with van der Waals surface area (Å²) in [4.78, 5) is 4.57. The molecule has 0 aliphatic rings. The van der Waals surface area contributed by atoms with Crippen molar-refractivity contribution in [2.24, 2.45) is 4.99 Å². The summed E-state index contributed by atoms with van der Waals surface area (Å²) >= 11 is 0. The topological polar surface area (TPSA) is 12.4 Å². The summed E-state index contributed by atoms with van der Waals surface area (Å²) in [5.74, 6) is 0. The van der Waals surface area contributed by atoms with Crippen LogP contribution >= 0.6 is 0 Å². The zero-order valence-electron chi connectivity index (χ0n) is 15.4. The lowest BCUT2D eigenvalue weighted by atomic mass is 9.87. The lowest BCUT2D eigenvalue weighted by Gasteiger charge is -2.19. The van der Waals surface area contributed by atoms with Crippen LogP contribution in [0.5, 0.6) is 0 Å². The van der Waals surface area contributed by atoms with E-state index in [2.05, 4.69) is 95.1 Å². The summed E-state index contributed by atoms with van der Waals surface area (Å²) in [6, 6.07) is 17.5. The van der Waals surface area contributed by atoms with Gasteiger partial charge < -0.3 is 0 Å². The average Bonchev–Trinajstić information content (AvgIpc) is 2.46. The van der Waals surface area contributed by atoms with Crippen molar-refractivity contribution in [2.45, 2.75) is 58.9 Å². The smallest absolute Gasteiger partial charge is 0.0639 e. The molecule has 0 N–H and O–H groups in total. The van der Waals surface area contributed by atoms with Gasteiger partial charge in [-0.2, -0.15) is 0 Å². The highest BCUT2D eigenvalue weighted by atomic mass is 14.7. The summed E-state index contributed by atoms with van der Waals surface area (Å²) in [7, 11) is 0. The van der Waals surface area contributed by atoms with Crippen molar-refractivity contribution in [1.82, 2.24) is 0 Å². The molecule has 0 aliphatic carbocycles. The van der Waals surface area contributed by atoms with Gasteiger partial charge in [0.1, 0.15) is 0 Å². The van der Waals surface area contributed by atoms with Crippen LogP contribution in [0.2, 0.25) is 0 Å². The van der Waals surface area contributed by atoms with Crippen LogP contribution in [0.1, 0.15) is 63.8 Å². The predicted molar refractivity (Wildman–Crippen MR) is 102 cm³/mol. The molecule has 0 aromatic heterocycles. The molecular weight excluding hydrogens is 278 g/mol. The Balaban J connectivity index is 1.99. The van der Waals surface area contributed by atoms with Crippen molar-refractivity contribution in [3.8, 4) is 0 Å². The van der Waals surface area contributed by atoms with Gasteiger partial charge in [0.15, 0.2) is 0 Å². The van der Waals surface area contributed by atoms with E-state index in [0.717, 1.165) is 12.1 Å². The van der Waals surface area contributed by atoms with Gasteiger partial charge >= 0.3 is 0 Å². The van der Waals surface area contributed by atoms with Gasteiger partial charge in [-0.05, 0) is 33.1 Å². The number of hydrogen-bond donors (Lipinski definition) is 0. The quantitative estimate of drug-likeness (QED) is 0.626. The maximum atomic E-state index is 4.57. The second kappa shape index (κ2) is 6.70. The Labute approximate surface area is 141 Å². The number of nitrogens with zero attached hydrogens (tertiary/aromatic N) is 1. The molecule has 1 nitrogen and oxygen atoms in total. The Kier molecular flexibility index (Phi) is 5.09. The minimum absolute atomic E-state index is 0.199. The molecule has 0 unspecified atom stereocenters. The highest BCUT2D eigenvalue weighted by Gasteiger charge is 2.13. The molecule has 0 bridgehead atoms. The molecule has 2 rings (SSSR count). The molecule has 23 heavy (non-hydrogen) atoms. The highest BCUT2D eigenvalue weighted by Crippen LogP contribution is 2.23. The molecule has 1 heteroatoms. The zero-order valence-corrected chi connectivity index (χ0v) is 15.4. The van der Waals surface area contributed by atoms with Crippen LogP contribution in [0.3, 0.4) is 0 Å². The molecule has 2 aromatic rings. The first-order valence-corrected chi connectivity index (χ1v) is 8.36. The van der Waals surface area contributed by atoms with Gasteiger partial charge in [0.05, 0.1) is 6.54 Å². The van der Waals surface area contributed by atoms with Gasteiger partial charge in [-0.1, -0.05) is 90.1 Å². The molecule has 0 aliphatic heterocycles. The third kappa shape index (κ3) is 5.06. The minimum atomic E-state index is 0.199. The fourth-order valence-electron chi connectivity index (χ4n) is 2.44. The van der Waals surface area contributed by atoms with Crippen molar-refractivity contribution < 1.29 is 0 Å². The minimum Gasteiger partial charge on any atom is -0.288 e. The highest BCUT2D eigenvalue weighted by molar-refractivity contribution is 5.79. The second-order valence-corrected chi connectivity index (χ2v) is 8.29. The van der Waals surface area contributed by atoms with E-state index in [1.165, 1.54) is 16.7 Å². The second-order valence-electron chi connectivity index (χ2n) is 8.29. The molecular formula is C22H29N. The Bertz CT molecular complexity index is 647. The fourth-order valence-corrected chi connectivity index (χ4v) is 2.44. The Morgan fingerprint density at radius 3 is 1.57 bits per heavy atom. The molecule has 0 heterocycles. The van der Waals surface area contributed by atoms with Crippen molar-refractivity contribution >= 4 is 6.21 Å². The van der Waals surface area contributed by atoms with Gasteiger partial charge in [-0.15, -0.1) is 0 Å². The van der Waals surface area contributed by atoms with E-state index in [4.69, 9.17) is 0 Å². The molecule has 0 amide bonds. The number of hydrogen-bond acceptors (Lipinski definition) is 1. The molecule has 0 atom stereocenters. The van der Waals surface area contributed by atoms with Crippen LogP contribution in [-0.4, -0.2) is 6.21 Å². The largest absolute Gasteiger partial charge is 0.288 e. The lowest BCUT2D eigenvalue weighted by Crippen LogP contribution is -2.10. The van der Waals surface area contributed by atoms with Gasteiger partial charge in [-0.3, -0.25) is 4.99 Å². The maximum absolute atomic E-state index is 4.57. The number of aliphatic imine (C=N–C) groups is 1. The Morgan fingerprint density at radius 2 is 1.13 bits per heavy atom. The standard InChI is InChI=1S/C22H29N/c1-21(2,3)19-11-7-17(8-12-19)15-23-16-18-9-13-20(14-10-18)22(4,5)6/h7-15H,16H2,1-6H3. The first kappa shape index (κ1) is 17.5. The van der Waals surface area contributed by atoms with E-state index in [0.29, 0.717) is 0 Å². The Morgan fingerprint density at radius 1 is 0.696 bits per heavy atom. The third-order valence-corrected chi connectivity index (χ3v) is 4.11. The maximum Gasteiger partial charge on any atom is 0.0639 e. The van der Waals surface area contributed by atoms with Crippen LogP contribution in [0.15, 0.2) is 53.5 Å². The van der Waals surface area contributed by atoms with Crippen molar-refractivity contribution in [2.75, 3.05) is 0 Å². The van der Waals surface area contributed by atoms with Crippen LogP contribution in [0, 0.1) is 0 Å². The molecule has 0 fully saturated rings. The van der Waals surface area contributed by atoms with Gasteiger partial charge in [-0.25, -0.2) is 0 Å². The molecule has 122 valence electrons. The first-order chi connectivity index (χ1) is 10.7. The van der Waals surface area contributed by atoms with Gasteiger partial charge in [0, 0.05) is 6.21 Å². The van der Waals surface area contributed by atoms with E-state index >= 15 is 0 Å². The molecule has 2 aromatic carbocycles. The molecule has 0 saturated carbocycles. The van der Waals surface area contributed by atoms with Crippen molar-refractivity contribution in [3.05, 3.63) is 70.8 Å². The monoisotopic (exact) mass is 307 g/mol. The van der Waals surface area contributed by atoms with E-state index in [-0.39, 0.29) is 10.8 Å². The summed E-state index contributed by atoms with van der Waals surface area (Å²) < 4.78 is 0. The van der Waals surface area contributed by atoms with Crippen LogP contribution in [-0.2, 0) is 17.4 Å². The first-order valence-electron chi connectivity index (χ1n) is 8.36. The Hall–Kier alpha value is -1.89. The molecule has 0 radical (unpaired) electrons. The molecule has 0 saturated heterocycles. The zero-order chi connectivity index (χ0) is 17.1. The normalized spacial score (nSPS) is 12.8. The average molecular weight is 307 g/mol. The third-order valence-electron chi connectivity index (χ3n) is 4.11. The van der Waals surface area contributed by atoms with Gasteiger partial charge in [0.2, 0.25) is 0 Å². The summed E-state index contributed by atoms with van der Waals surface area (Å²) in [6.07, 6.45) is 1.96. The lowest BCUT2D eigenvalue weighted by molar-refractivity contribution is 0.590. The summed E-state index contributed by atoms with van der Waals surface area (Å²) in [6.45, 7) is 14.1. The van der Waals surface area contributed by atoms with Crippen molar-refractivity contribution in [3.63, 3.8) is 0 Å². The SMILES string of the molecule is CC(C)(C)c1ccc(C=NCc2ccc(C(C)(C)C)cc2)cc1. The van der Waals surface area contributed by atoms with Crippen molar-refractivity contribution in [1.29, 1.82) is 0 Å². The van der Waals surface area contributed by atoms with Crippen LogP contribution in [0.25, 0.3) is 0 Å². The number of benzene rings is 2. The van der Waals surface area contributed by atoms with E-state index in [1.807, 2.05) is 6.21 Å². The predicted octanol–water partition coefficient (Wildman–Crippen LogP) is 5.90. The molecule has 0 spiro atoms. The fraction of sp³-hybridized carbons (Fsp3) is 0.409.